The van der Waals surface area contributed by atoms with Gasteiger partial charge in [-0.25, -0.2) is 9.59 Å². The topological polar surface area (TPSA) is 43.4 Å². The van der Waals surface area contributed by atoms with Crippen LogP contribution in [0.5, 0.6) is 0 Å². The second-order valence-corrected chi connectivity index (χ2v) is 3.79. The van der Waals surface area contributed by atoms with Crippen molar-refractivity contribution in [3.63, 3.8) is 0 Å². The van der Waals surface area contributed by atoms with Gasteiger partial charge in [0.15, 0.2) is 0 Å². The molecule has 1 aliphatic rings. The number of rotatable bonds is 1. The van der Waals surface area contributed by atoms with E-state index in [0.717, 1.165) is 0 Å². The molecule has 0 unspecified atom stereocenters. The first-order valence-corrected chi connectivity index (χ1v) is 5.80. The molecule has 0 aromatic heterocycles. The summed E-state index contributed by atoms with van der Waals surface area (Å²) in [5, 5.41) is 0. The van der Waals surface area contributed by atoms with E-state index < -0.39 is 11.9 Å². The maximum absolute atomic E-state index is 11.1. The number of carbonyl (C=O) groups excluding carboxylic acids is 2. The molecule has 3 rings (SSSR count). The average molecular weight is 252 g/mol. The maximum atomic E-state index is 11.1. The number of hydrogen-bond donors (Lipinski definition) is 0. The van der Waals surface area contributed by atoms with Crippen LogP contribution in [-0.2, 0) is 14.3 Å². The molecule has 0 bridgehead atoms. The molecule has 3 heteroatoms. The number of benzene rings is 2. The van der Waals surface area contributed by atoms with E-state index in [9.17, 15) is 9.59 Å². The molecular weight excluding hydrogens is 240 g/mol. The highest BCUT2D eigenvalue weighted by Gasteiger charge is 2.24. The highest BCUT2D eigenvalue weighted by atomic mass is 16.6. The zero-order valence-corrected chi connectivity index (χ0v) is 10.2. The summed E-state index contributed by atoms with van der Waals surface area (Å²) in [5.41, 5.74) is 1.03. The van der Waals surface area contributed by atoms with Crippen LogP contribution < -0.4 is 0 Å². The van der Waals surface area contributed by atoms with Gasteiger partial charge in [-0.2, -0.15) is 0 Å². The molecule has 0 atom stereocenters. The van der Waals surface area contributed by atoms with Gasteiger partial charge in [0.05, 0.1) is 5.57 Å². The number of esters is 2. The molecule has 19 heavy (non-hydrogen) atoms. The Bertz CT molecular complexity index is 559. The summed E-state index contributed by atoms with van der Waals surface area (Å²) in [6, 6.07) is 20.9. The predicted octanol–water partition coefficient (Wildman–Crippen LogP) is 2.84. The van der Waals surface area contributed by atoms with Crippen molar-refractivity contribution in [1.82, 2.24) is 0 Å². The van der Waals surface area contributed by atoms with Crippen LogP contribution in [-0.4, -0.2) is 11.9 Å². The van der Waals surface area contributed by atoms with Gasteiger partial charge in [0.25, 0.3) is 0 Å². The van der Waals surface area contributed by atoms with E-state index in [2.05, 4.69) is 4.74 Å². The first-order valence-electron chi connectivity index (χ1n) is 5.80. The molecule has 0 spiro atoms. The highest BCUT2D eigenvalue weighted by molar-refractivity contribution is 6.28. The second-order valence-electron chi connectivity index (χ2n) is 3.79. The molecule has 2 aromatic rings. The van der Waals surface area contributed by atoms with E-state index in [1.807, 2.05) is 42.5 Å². The SMILES string of the molecule is O=C1C=C(c2ccccc2)C(=O)O1.c1ccccc1. The zero-order chi connectivity index (χ0) is 13.5. The van der Waals surface area contributed by atoms with Gasteiger partial charge >= 0.3 is 11.9 Å². The monoisotopic (exact) mass is 252 g/mol. The van der Waals surface area contributed by atoms with Gasteiger partial charge in [-0.15, -0.1) is 0 Å². The van der Waals surface area contributed by atoms with Gasteiger partial charge in [0.2, 0.25) is 0 Å². The number of ether oxygens (including phenoxy) is 1. The van der Waals surface area contributed by atoms with E-state index in [4.69, 9.17) is 0 Å². The lowest BCUT2D eigenvalue weighted by molar-refractivity contribution is -0.149. The molecule has 0 fully saturated rings. The molecule has 0 radical (unpaired) electrons. The maximum Gasteiger partial charge on any atom is 0.346 e. The molecule has 2 aromatic carbocycles. The Balaban J connectivity index is 0.000000186. The Morgan fingerprint density at radius 3 is 1.58 bits per heavy atom. The Morgan fingerprint density at radius 1 is 0.684 bits per heavy atom. The summed E-state index contributed by atoms with van der Waals surface area (Å²) in [7, 11) is 0. The van der Waals surface area contributed by atoms with E-state index in [0.29, 0.717) is 11.1 Å². The third-order valence-corrected chi connectivity index (χ3v) is 2.43. The minimum atomic E-state index is -0.594. The van der Waals surface area contributed by atoms with Gasteiger partial charge in [0, 0.05) is 6.08 Å². The van der Waals surface area contributed by atoms with Crippen LogP contribution in [0.15, 0.2) is 72.8 Å². The van der Waals surface area contributed by atoms with Gasteiger partial charge < -0.3 is 4.74 Å². The van der Waals surface area contributed by atoms with E-state index in [1.165, 1.54) is 6.08 Å². The standard InChI is InChI=1S/C10H6O3.C6H6/c11-9-6-8(10(12)13-9)7-4-2-1-3-5-7;1-2-4-6-5-3-1/h1-6H;1-6H. The molecule has 0 amide bonds. The van der Waals surface area contributed by atoms with Gasteiger partial charge in [-0.1, -0.05) is 66.7 Å². The second kappa shape index (κ2) is 6.31. The van der Waals surface area contributed by atoms with Crippen LogP contribution in [0, 0.1) is 0 Å². The minimum absolute atomic E-state index is 0.325. The lowest BCUT2D eigenvalue weighted by atomic mass is 10.1. The summed E-state index contributed by atoms with van der Waals surface area (Å²) >= 11 is 0. The summed E-state index contributed by atoms with van der Waals surface area (Å²) in [4.78, 5) is 21.8. The Kier molecular flexibility index (Phi) is 4.24. The first kappa shape index (κ1) is 12.8. The summed E-state index contributed by atoms with van der Waals surface area (Å²) < 4.78 is 4.36. The minimum Gasteiger partial charge on any atom is -0.386 e. The van der Waals surface area contributed by atoms with E-state index in [-0.39, 0.29) is 0 Å². The molecule has 0 saturated heterocycles. The fourth-order valence-corrected chi connectivity index (χ4v) is 1.56. The van der Waals surface area contributed by atoms with Crippen LogP contribution in [0.4, 0.5) is 0 Å². The highest BCUT2D eigenvalue weighted by Crippen LogP contribution is 2.20. The molecular formula is C16H12O3. The van der Waals surface area contributed by atoms with Crippen LogP contribution >= 0.6 is 0 Å². The molecule has 0 saturated carbocycles. The largest absolute Gasteiger partial charge is 0.386 e. The average Bonchev–Trinajstić information content (AvgIpc) is 2.81. The van der Waals surface area contributed by atoms with Gasteiger partial charge in [0.1, 0.15) is 0 Å². The Morgan fingerprint density at radius 2 is 1.16 bits per heavy atom. The van der Waals surface area contributed by atoms with Gasteiger partial charge in [-0.05, 0) is 5.56 Å². The van der Waals surface area contributed by atoms with Crippen molar-refractivity contribution in [2.75, 3.05) is 0 Å². The molecule has 0 aliphatic carbocycles. The smallest absolute Gasteiger partial charge is 0.346 e. The van der Waals surface area contributed by atoms with Crippen molar-refractivity contribution >= 4 is 17.5 Å². The fraction of sp³-hybridized carbons (Fsp3) is 0. The summed E-state index contributed by atoms with van der Waals surface area (Å²) in [6.45, 7) is 0. The Hall–Kier alpha value is -2.68. The van der Waals surface area contributed by atoms with Crippen LogP contribution in [0.1, 0.15) is 5.56 Å². The van der Waals surface area contributed by atoms with Crippen LogP contribution in [0.25, 0.3) is 5.57 Å². The molecule has 1 heterocycles. The van der Waals surface area contributed by atoms with Crippen LogP contribution in [0.3, 0.4) is 0 Å². The molecule has 3 nitrogen and oxygen atoms in total. The predicted molar refractivity (Wildman–Crippen MR) is 72.0 cm³/mol. The first-order chi connectivity index (χ1) is 9.27. The Labute approximate surface area is 111 Å². The van der Waals surface area contributed by atoms with Crippen molar-refractivity contribution in [3.8, 4) is 0 Å². The lowest BCUT2D eigenvalue weighted by Gasteiger charge is -1.96. The van der Waals surface area contributed by atoms with Gasteiger partial charge in [-0.3, -0.25) is 0 Å². The van der Waals surface area contributed by atoms with Crippen molar-refractivity contribution in [2.45, 2.75) is 0 Å². The van der Waals surface area contributed by atoms with Crippen molar-refractivity contribution < 1.29 is 14.3 Å². The fourth-order valence-electron chi connectivity index (χ4n) is 1.56. The third-order valence-electron chi connectivity index (χ3n) is 2.43. The quantitative estimate of drug-likeness (QED) is 0.579. The van der Waals surface area contributed by atoms with E-state index in [1.54, 1.807) is 24.3 Å². The number of hydrogen-bond acceptors (Lipinski definition) is 3. The van der Waals surface area contributed by atoms with E-state index >= 15 is 0 Å². The number of cyclic esters (lactones) is 2. The number of carbonyl (C=O) groups is 2. The van der Waals surface area contributed by atoms with Crippen molar-refractivity contribution in [2.24, 2.45) is 0 Å². The van der Waals surface area contributed by atoms with Crippen LogP contribution in [0.2, 0.25) is 0 Å². The van der Waals surface area contributed by atoms with Crippen molar-refractivity contribution in [1.29, 1.82) is 0 Å². The molecule has 0 N–H and O–H groups in total. The normalized spacial score (nSPS) is 13.2. The lowest BCUT2D eigenvalue weighted by Crippen LogP contribution is -2.00. The third kappa shape index (κ3) is 3.64. The molecule has 1 aliphatic heterocycles. The summed E-state index contributed by atoms with van der Waals surface area (Å²) in [6.07, 6.45) is 1.21. The molecule has 94 valence electrons. The zero-order valence-electron chi connectivity index (χ0n) is 10.2. The summed E-state index contributed by atoms with van der Waals surface area (Å²) in [5.74, 6) is -1.17. The van der Waals surface area contributed by atoms with Crippen molar-refractivity contribution in [3.05, 3.63) is 78.4 Å².